The summed E-state index contributed by atoms with van der Waals surface area (Å²) >= 11 is 0. The van der Waals surface area contributed by atoms with Crippen LogP contribution in [-0.2, 0) is 4.79 Å². The van der Waals surface area contributed by atoms with E-state index in [1.807, 2.05) is 0 Å². The molecular weight excluding hydrogens is 268 g/mol. The number of amides is 2. The zero-order chi connectivity index (χ0) is 15.8. The fourth-order valence-electron chi connectivity index (χ4n) is 1.45. The van der Waals surface area contributed by atoms with Gasteiger partial charge >= 0.3 is 0 Å². The molecule has 0 unspecified atom stereocenters. The fourth-order valence-corrected chi connectivity index (χ4v) is 1.45. The molecule has 0 aliphatic carbocycles. The largest absolute Gasteiger partial charge is 0.494 e. The third-order valence-corrected chi connectivity index (χ3v) is 2.90. The number of ether oxygens (including phenoxy) is 1. The van der Waals surface area contributed by atoms with Gasteiger partial charge in [-0.1, -0.05) is 27.7 Å². The predicted octanol–water partition coefficient (Wildman–Crippen LogP) is 2.53. The Morgan fingerprint density at radius 2 is 1.67 bits per heavy atom. The highest BCUT2D eigenvalue weighted by molar-refractivity contribution is 5.95. The van der Waals surface area contributed by atoms with Gasteiger partial charge in [-0.3, -0.25) is 20.4 Å². The molecule has 0 aromatic heterocycles. The molecule has 0 aliphatic heterocycles. The van der Waals surface area contributed by atoms with Crippen LogP contribution in [-0.4, -0.2) is 18.4 Å². The predicted molar refractivity (Wildman–Crippen MR) is 81.8 cm³/mol. The van der Waals surface area contributed by atoms with Crippen molar-refractivity contribution in [3.8, 4) is 5.75 Å². The number of nitrogens with one attached hydrogen (secondary N) is 2. The second kappa shape index (κ2) is 8.29. The minimum Gasteiger partial charge on any atom is -0.494 e. The van der Waals surface area contributed by atoms with E-state index in [2.05, 4.69) is 24.7 Å². The van der Waals surface area contributed by atoms with Gasteiger partial charge in [0.1, 0.15) is 5.75 Å². The van der Waals surface area contributed by atoms with Crippen LogP contribution >= 0.6 is 0 Å². The van der Waals surface area contributed by atoms with E-state index in [4.69, 9.17) is 4.74 Å². The van der Waals surface area contributed by atoms with Crippen molar-refractivity contribution < 1.29 is 14.3 Å². The Kier molecular flexibility index (Phi) is 6.72. The molecule has 1 aromatic rings. The van der Waals surface area contributed by atoms with Gasteiger partial charge in [0.15, 0.2) is 0 Å². The van der Waals surface area contributed by atoms with Crippen LogP contribution in [0.15, 0.2) is 24.3 Å². The van der Waals surface area contributed by atoms with Gasteiger partial charge in [-0.25, -0.2) is 0 Å². The fraction of sp³-hybridized carbons (Fsp3) is 0.500. The summed E-state index contributed by atoms with van der Waals surface area (Å²) in [6.07, 6.45) is 0.990. The quantitative estimate of drug-likeness (QED) is 0.792. The molecule has 1 aromatic carbocycles. The molecule has 0 radical (unpaired) electrons. The van der Waals surface area contributed by atoms with E-state index in [9.17, 15) is 9.59 Å². The Morgan fingerprint density at radius 1 is 1.05 bits per heavy atom. The van der Waals surface area contributed by atoms with E-state index in [-0.39, 0.29) is 17.7 Å². The summed E-state index contributed by atoms with van der Waals surface area (Å²) in [4.78, 5) is 23.2. The van der Waals surface area contributed by atoms with Gasteiger partial charge in [-0.05, 0) is 36.6 Å². The van der Waals surface area contributed by atoms with E-state index in [0.29, 0.717) is 18.1 Å². The smallest absolute Gasteiger partial charge is 0.269 e. The van der Waals surface area contributed by atoms with Gasteiger partial charge in [0.2, 0.25) is 5.91 Å². The van der Waals surface area contributed by atoms with E-state index < -0.39 is 0 Å². The normalized spacial score (nSPS) is 10.6. The van der Waals surface area contributed by atoms with Crippen LogP contribution in [0, 0.1) is 11.8 Å². The first-order valence-electron chi connectivity index (χ1n) is 7.23. The maximum Gasteiger partial charge on any atom is 0.269 e. The van der Waals surface area contributed by atoms with Crippen LogP contribution in [0.25, 0.3) is 0 Å². The lowest BCUT2D eigenvalue weighted by atomic mass is 10.1. The summed E-state index contributed by atoms with van der Waals surface area (Å²) in [7, 11) is 0. The minimum atomic E-state index is -0.349. The second-order valence-electron chi connectivity index (χ2n) is 5.65. The first kappa shape index (κ1) is 17.0. The lowest BCUT2D eigenvalue weighted by Crippen LogP contribution is -2.43. The van der Waals surface area contributed by atoms with Gasteiger partial charge in [0, 0.05) is 11.5 Å². The van der Waals surface area contributed by atoms with Gasteiger partial charge in [0.25, 0.3) is 5.91 Å². The molecule has 1 rings (SSSR count). The van der Waals surface area contributed by atoms with Crippen LogP contribution in [0.5, 0.6) is 5.75 Å². The number of hydrogen-bond acceptors (Lipinski definition) is 3. The molecule has 5 heteroatoms. The first-order chi connectivity index (χ1) is 9.90. The summed E-state index contributed by atoms with van der Waals surface area (Å²) in [6, 6.07) is 6.84. The van der Waals surface area contributed by atoms with Crippen molar-refractivity contribution in [1.29, 1.82) is 0 Å². The Bertz CT molecular complexity index is 467. The molecule has 116 valence electrons. The zero-order valence-corrected chi connectivity index (χ0v) is 13.1. The van der Waals surface area contributed by atoms with Crippen molar-refractivity contribution in [1.82, 2.24) is 10.9 Å². The van der Waals surface area contributed by atoms with E-state index in [1.54, 1.807) is 38.1 Å². The standard InChI is InChI=1S/C16H24N2O3/c1-11(2)9-10-21-14-7-5-13(6-8-14)16(20)18-17-15(19)12(3)4/h5-8,11-12H,9-10H2,1-4H3,(H,17,19)(H,18,20). The molecule has 0 fully saturated rings. The van der Waals surface area contributed by atoms with Gasteiger partial charge in [-0.15, -0.1) is 0 Å². The third kappa shape index (κ3) is 6.29. The number of carbonyl (C=O) groups is 2. The van der Waals surface area contributed by atoms with Crippen LogP contribution in [0.4, 0.5) is 0 Å². The van der Waals surface area contributed by atoms with Crippen LogP contribution in [0.1, 0.15) is 44.5 Å². The Hall–Kier alpha value is -2.04. The number of benzene rings is 1. The topological polar surface area (TPSA) is 67.4 Å². The third-order valence-electron chi connectivity index (χ3n) is 2.90. The van der Waals surface area contributed by atoms with E-state index >= 15 is 0 Å². The summed E-state index contributed by atoms with van der Waals surface area (Å²) in [5.41, 5.74) is 5.22. The van der Waals surface area contributed by atoms with Gasteiger partial charge in [0.05, 0.1) is 6.61 Å². The average Bonchev–Trinajstić information content (AvgIpc) is 2.44. The summed E-state index contributed by atoms with van der Waals surface area (Å²) in [6.45, 7) is 8.45. The number of carbonyl (C=O) groups excluding carboxylic acids is 2. The maximum atomic E-state index is 11.8. The van der Waals surface area contributed by atoms with Crippen molar-refractivity contribution in [2.75, 3.05) is 6.61 Å². The molecule has 2 N–H and O–H groups in total. The number of hydrogen-bond donors (Lipinski definition) is 2. The molecule has 0 bridgehead atoms. The number of hydrazine groups is 1. The van der Waals surface area contributed by atoms with Crippen molar-refractivity contribution in [3.63, 3.8) is 0 Å². The molecule has 5 nitrogen and oxygen atoms in total. The van der Waals surface area contributed by atoms with Crippen molar-refractivity contribution in [2.45, 2.75) is 34.1 Å². The molecule has 2 amide bonds. The molecule has 0 heterocycles. The highest BCUT2D eigenvalue weighted by Gasteiger charge is 2.09. The second-order valence-corrected chi connectivity index (χ2v) is 5.65. The summed E-state index contributed by atoms with van der Waals surface area (Å²) in [5, 5.41) is 0. The Balaban J connectivity index is 2.45. The molecule has 0 saturated heterocycles. The molecule has 0 spiro atoms. The van der Waals surface area contributed by atoms with Gasteiger partial charge < -0.3 is 4.74 Å². The maximum absolute atomic E-state index is 11.8. The minimum absolute atomic E-state index is 0.179. The monoisotopic (exact) mass is 292 g/mol. The Morgan fingerprint density at radius 3 is 2.19 bits per heavy atom. The van der Waals surface area contributed by atoms with E-state index in [1.165, 1.54) is 0 Å². The van der Waals surface area contributed by atoms with Gasteiger partial charge in [-0.2, -0.15) is 0 Å². The SMILES string of the molecule is CC(C)CCOc1ccc(C(=O)NNC(=O)C(C)C)cc1. The average molecular weight is 292 g/mol. The first-order valence-corrected chi connectivity index (χ1v) is 7.23. The van der Waals surface area contributed by atoms with E-state index in [0.717, 1.165) is 12.2 Å². The van der Waals surface area contributed by atoms with Crippen molar-refractivity contribution >= 4 is 11.8 Å². The number of rotatable bonds is 6. The van der Waals surface area contributed by atoms with Crippen LogP contribution in [0.3, 0.4) is 0 Å². The summed E-state index contributed by atoms with van der Waals surface area (Å²) < 4.78 is 5.58. The van der Waals surface area contributed by atoms with Crippen molar-refractivity contribution in [3.05, 3.63) is 29.8 Å². The Labute approximate surface area is 126 Å². The molecule has 0 aliphatic rings. The van der Waals surface area contributed by atoms with Crippen LogP contribution in [0.2, 0.25) is 0 Å². The molecular formula is C16H24N2O3. The molecule has 0 saturated carbocycles. The van der Waals surface area contributed by atoms with Crippen molar-refractivity contribution in [2.24, 2.45) is 11.8 Å². The highest BCUT2D eigenvalue weighted by Crippen LogP contribution is 2.13. The molecule has 0 atom stereocenters. The lowest BCUT2D eigenvalue weighted by Gasteiger charge is -2.10. The summed E-state index contributed by atoms with van der Waals surface area (Å²) in [5.74, 6) is 0.579. The molecule has 21 heavy (non-hydrogen) atoms. The zero-order valence-electron chi connectivity index (χ0n) is 13.1. The highest BCUT2D eigenvalue weighted by atomic mass is 16.5. The van der Waals surface area contributed by atoms with Crippen LogP contribution < -0.4 is 15.6 Å². The lowest BCUT2D eigenvalue weighted by molar-refractivity contribution is -0.124.